The Morgan fingerprint density at radius 2 is 1.47 bits per heavy atom. The highest BCUT2D eigenvalue weighted by molar-refractivity contribution is 5.87. The smallest absolute Gasteiger partial charge is 0.331 e. The molecule has 17 atom stereocenters. The van der Waals surface area contributed by atoms with Gasteiger partial charge in [0, 0.05) is 38.2 Å². The summed E-state index contributed by atoms with van der Waals surface area (Å²) in [5.74, 6) is -6.57. The SMILES string of the molecule is CC(=O)O[C@@H]1[C@H](O)[C@H](O[C@H]2[C@H](OC(=O)[C@@H]3CC[C@H]4[C@H](C3)O[C@]3(C[C@H](OC(=O)C=Cc5ccccc5)[C@@H](C)CO3)[C@]4(O)CO)O[C@@H](C)[C@H](O)[C@@H]2OC(C)=O)O[C@@H](C)[C@@H]1O. The maximum Gasteiger partial charge on any atom is 0.331 e. The molecule has 1 aliphatic carbocycles. The number of fused-ring (bicyclic) bond motifs is 1. The molecule has 1 aromatic carbocycles. The Labute approximate surface area is 335 Å². The van der Waals surface area contributed by atoms with Gasteiger partial charge in [0.05, 0.1) is 37.4 Å². The molecule has 4 aliphatic heterocycles. The van der Waals surface area contributed by atoms with Crippen LogP contribution in [0.3, 0.4) is 0 Å². The summed E-state index contributed by atoms with van der Waals surface area (Å²) < 4.78 is 52.4. The van der Waals surface area contributed by atoms with Gasteiger partial charge in [-0.2, -0.15) is 0 Å². The predicted octanol–water partition coefficient (Wildman–Crippen LogP) is 0.267. The van der Waals surface area contributed by atoms with Crippen molar-refractivity contribution in [2.75, 3.05) is 13.2 Å². The number of carbonyl (C=O) groups excluding carboxylic acids is 4. The minimum absolute atomic E-state index is 0.0183. The largest absolute Gasteiger partial charge is 0.459 e. The molecule has 5 N–H and O–H groups in total. The van der Waals surface area contributed by atoms with Crippen LogP contribution in [0.4, 0.5) is 0 Å². The third kappa shape index (κ3) is 8.96. The second-order valence-corrected chi connectivity index (χ2v) is 15.9. The second kappa shape index (κ2) is 18.0. The van der Waals surface area contributed by atoms with Gasteiger partial charge < -0.3 is 68.2 Å². The van der Waals surface area contributed by atoms with E-state index in [0.717, 1.165) is 19.4 Å². The second-order valence-electron chi connectivity index (χ2n) is 15.9. The van der Waals surface area contributed by atoms with Gasteiger partial charge in [-0.1, -0.05) is 37.3 Å². The van der Waals surface area contributed by atoms with Crippen LogP contribution in [0.1, 0.15) is 65.9 Å². The Balaban J connectivity index is 1.16. The van der Waals surface area contributed by atoms with E-state index in [9.17, 15) is 44.7 Å². The van der Waals surface area contributed by atoms with Crippen molar-refractivity contribution in [3.8, 4) is 0 Å². The van der Waals surface area contributed by atoms with Crippen molar-refractivity contribution in [2.24, 2.45) is 17.8 Å². The van der Waals surface area contributed by atoms with Crippen molar-refractivity contribution in [1.82, 2.24) is 0 Å². The molecule has 322 valence electrons. The van der Waals surface area contributed by atoms with Crippen LogP contribution in [0.5, 0.6) is 0 Å². The van der Waals surface area contributed by atoms with Gasteiger partial charge in [-0.05, 0) is 44.7 Å². The number of hydrogen-bond acceptors (Lipinski definition) is 18. The van der Waals surface area contributed by atoms with E-state index >= 15 is 0 Å². The van der Waals surface area contributed by atoms with E-state index < -0.39 is 127 Å². The molecule has 58 heavy (non-hydrogen) atoms. The molecule has 18 nitrogen and oxygen atoms in total. The molecular formula is C40H54O18. The molecule has 6 rings (SSSR count). The quantitative estimate of drug-likeness (QED) is 0.121. The number of aliphatic hydroxyl groups excluding tert-OH is 4. The number of carbonyl (C=O) groups is 4. The van der Waals surface area contributed by atoms with E-state index in [2.05, 4.69) is 0 Å². The number of hydrogen-bond donors (Lipinski definition) is 5. The van der Waals surface area contributed by atoms with E-state index in [1.165, 1.54) is 19.9 Å². The van der Waals surface area contributed by atoms with Gasteiger partial charge in [0.15, 0.2) is 24.6 Å². The van der Waals surface area contributed by atoms with Crippen molar-refractivity contribution < 1.29 is 87.3 Å². The summed E-state index contributed by atoms with van der Waals surface area (Å²) in [5.41, 5.74) is -1.11. The number of rotatable bonds is 10. The van der Waals surface area contributed by atoms with Gasteiger partial charge in [0.2, 0.25) is 12.1 Å². The summed E-state index contributed by atoms with van der Waals surface area (Å²) >= 11 is 0. The summed E-state index contributed by atoms with van der Waals surface area (Å²) in [6.45, 7) is 6.23. The summed E-state index contributed by atoms with van der Waals surface area (Å²) in [6, 6.07) is 9.20. The van der Waals surface area contributed by atoms with Crippen molar-refractivity contribution in [1.29, 1.82) is 0 Å². The van der Waals surface area contributed by atoms with E-state index in [1.807, 2.05) is 37.3 Å². The monoisotopic (exact) mass is 822 g/mol. The maximum atomic E-state index is 14.0. The third-order valence-electron chi connectivity index (χ3n) is 11.8. The van der Waals surface area contributed by atoms with Crippen molar-refractivity contribution in [2.45, 2.75) is 145 Å². The molecule has 18 heteroatoms. The van der Waals surface area contributed by atoms with Crippen molar-refractivity contribution >= 4 is 30.0 Å². The topological polar surface area (TPSA) is 252 Å². The summed E-state index contributed by atoms with van der Waals surface area (Å²) in [4.78, 5) is 50.8. The highest BCUT2D eigenvalue weighted by Crippen LogP contribution is 2.55. The molecule has 1 aromatic rings. The van der Waals surface area contributed by atoms with Crippen LogP contribution in [0.25, 0.3) is 6.08 Å². The predicted molar refractivity (Wildman–Crippen MR) is 194 cm³/mol. The van der Waals surface area contributed by atoms with Gasteiger partial charge in [-0.15, -0.1) is 0 Å². The molecule has 0 amide bonds. The first-order valence-electron chi connectivity index (χ1n) is 19.6. The van der Waals surface area contributed by atoms with Crippen molar-refractivity contribution in [3.63, 3.8) is 0 Å². The zero-order chi connectivity index (χ0) is 42.1. The third-order valence-corrected chi connectivity index (χ3v) is 11.8. The van der Waals surface area contributed by atoms with E-state index in [-0.39, 0.29) is 38.2 Å². The minimum Gasteiger partial charge on any atom is -0.459 e. The molecule has 5 aliphatic rings. The van der Waals surface area contributed by atoms with Gasteiger partial charge in [-0.3, -0.25) is 14.4 Å². The summed E-state index contributed by atoms with van der Waals surface area (Å²) in [7, 11) is 0. The first-order chi connectivity index (χ1) is 27.5. The fraction of sp³-hybridized carbons (Fsp3) is 0.700. The molecule has 4 saturated heterocycles. The zero-order valence-corrected chi connectivity index (χ0v) is 33.0. The van der Waals surface area contributed by atoms with E-state index in [0.29, 0.717) is 0 Å². The molecule has 0 bridgehead atoms. The van der Waals surface area contributed by atoms with Gasteiger partial charge >= 0.3 is 23.9 Å². The standard InChI is InChI=1S/C40H54O18/c1-19-17-50-40(16-28(19)55-29(44)14-11-24-9-7-6-8-10-24)39(49,18-41)26-13-12-25(15-27(26)58-40)36(48)57-38-35(34(54-23(5)43)31(46)21(3)52-38)56-37-32(47)33(53-22(4)42)30(45)20(2)51-37/h6-11,14,19-21,25-28,30-35,37-38,41,45-47,49H,12-13,15-18H2,1-5H3/t19-,20-,21-,25+,26-,27-,28-,30-,31-,32-,33-,34-,35+,37-,38-,39-,40+/m0/s1. The molecular weight excluding hydrogens is 768 g/mol. The lowest BCUT2D eigenvalue weighted by atomic mass is 9.70. The molecule has 4 heterocycles. The molecule has 1 saturated carbocycles. The number of benzene rings is 1. The molecule has 1 spiro atoms. The maximum absolute atomic E-state index is 14.0. The average molecular weight is 823 g/mol. The van der Waals surface area contributed by atoms with Crippen molar-refractivity contribution in [3.05, 3.63) is 42.0 Å². The van der Waals surface area contributed by atoms with Crippen LogP contribution >= 0.6 is 0 Å². The number of aliphatic hydroxyl groups is 5. The number of esters is 4. The van der Waals surface area contributed by atoms with Gasteiger partial charge in [0.25, 0.3) is 0 Å². The van der Waals surface area contributed by atoms with E-state index in [4.69, 9.17) is 42.6 Å². The van der Waals surface area contributed by atoms with Crippen LogP contribution in [0.2, 0.25) is 0 Å². The first-order valence-corrected chi connectivity index (χ1v) is 19.6. The fourth-order valence-corrected chi connectivity index (χ4v) is 8.60. The molecule has 0 radical (unpaired) electrons. The minimum atomic E-state index is -1.92. The Morgan fingerprint density at radius 1 is 0.828 bits per heavy atom. The Bertz CT molecular complexity index is 1660. The normalized spacial score (nSPS) is 42.7. The Kier molecular flexibility index (Phi) is 13.6. The van der Waals surface area contributed by atoms with Crippen LogP contribution in [-0.4, -0.2) is 148 Å². The molecule has 0 unspecified atom stereocenters. The van der Waals surface area contributed by atoms with Crippen LogP contribution in [0, 0.1) is 17.8 Å². The highest BCUT2D eigenvalue weighted by atomic mass is 16.8. The Morgan fingerprint density at radius 3 is 2.12 bits per heavy atom. The van der Waals surface area contributed by atoms with Gasteiger partial charge in [0.1, 0.15) is 30.0 Å². The van der Waals surface area contributed by atoms with Crippen LogP contribution in [-0.2, 0) is 61.8 Å². The highest BCUT2D eigenvalue weighted by Gasteiger charge is 2.69. The fourth-order valence-electron chi connectivity index (χ4n) is 8.60. The summed E-state index contributed by atoms with van der Waals surface area (Å²) in [6.07, 6.45) is -13.0. The zero-order valence-electron chi connectivity index (χ0n) is 33.0. The molecule has 0 aromatic heterocycles. The first kappa shape index (κ1) is 44.0. The average Bonchev–Trinajstić information content (AvgIpc) is 3.42. The van der Waals surface area contributed by atoms with Gasteiger partial charge in [-0.25, -0.2) is 4.79 Å². The molecule has 5 fully saturated rings. The summed E-state index contributed by atoms with van der Waals surface area (Å²) in [5, 5.41) is 55.4. The lowest BCUT2D eigenvalue weighted by Gasteiger charge is -2.47. The van der Waals surface area contributed by atoms with Crippen LogP contribution in [0.15, 0.2) is 36.4 Å². The lowest BCUT2D eigenvalue weighted by Crippen LogP contribution is -2.64. The van der Waals surface area contributed by atoms with Crippen LogP contribution < -0.4 is 0 Å². The Hall–Kier alpha value is -3.56. The number of ether oxygens (including phenoxy) is 9. The van der Waals surface area contributed by atoms with E-state index in [1.54, 1.807) is 6.08 Å². The lowest BCUT2D eigenvalue weighted by molar-refractivity contribution is -0.358.